The molecule has 1 fully saturated rings. The molecule has 2 aromatic carbocycles. The lowest BCUT2D eigenvalue weighted by atomic mass is 10.2. The van der Waals surface area contributed by atoms with Gasteiger partial charge < -0.3 is 19.9 Å². The standard InChI is InChI=1S/C24H25F3N4O3/c25-24(26,27)16-6-3-7-17(14-16)29-22(32)15-31-19-9-2-1-8-18(19)30-21(31)11-4-12-28-23(33)20-10-5-13-34-20/h1-3,6-9,14,20H,4-5,10-13,15H2,(H,28,33)(H,29,32). The number of hydrogen-bond acceptors (Lipinski definition) is 4. The molecule has 3 aromatic rings. The first-order valence-corrected chi connectivity index (χ1v) is 11.1. The fraction of sp³-hybridized carbons (Fsp3) is 0.375. The minimum Gasteiger partial charge on any atom is -0.368 e. The van der Waals surface area contributed by atoms with Crippen LogP contribution in [0.25, 0.3) is 11.0 Å². The van der Waals surface area contributed by atoms with Gasteiger partial charge in [-0.2, -0.15) is 13.2 Å². The number of alkyl halides is 3. The third kappa shape index (κ3) is 5.74. The second kappa shape index (κ2) is 10.3. The number of para-hydroxylation sites is 2. The van der Waals surface area contributed by atoms with E-state index in [0.717, 1.165) is 30.5 Å². The van der Waals surface area contributed by atoms with Crippen molar-refractivity contribution < 1.29 is 27.5 Å². The van der Waals surface area contributed by atoms with Gasteiger partial charge in [-0.3, -0.25) is 9.59 Å². The highest BCUT2D eigenvalue weighted by atomic mass is 19.4. The van der Waals surface area contributed by atoms with Crippen molar-refractivity contribution in [2.75, 3.05) is 18.5 Å². The summed E-state index contributed by atoms with van der Waals surface area (Å²) in [6.07, 6.45) is -2.15. The van der Waals surface area contributed by atoms with Crippen LogP contribution in [0.2, 0.25) is 0 Å². The maximum Gasteiger partial charge on any atom is 0.416 e. The first kappa shape index (κ1) is 23.7. The van der Waals surface area contributed by atoms with Gasteiger partial charge in [0.2, 0.25) is 11.8 Å². The fourth-order valence-corrected chi connectivity index (χ4v) is 3.97. The highest BCUT2D eigenvalue weighted by Crippen LogP contribution is 2.30. The van der Waals surface area contributed by atoms with Gasteiger partial charge in [0.1, 0.15) is 18.5 Å². The van der Waals surface area contributed by atoms with Crippen molar-refractivity contribution in [2.45, 2.75) is 44.5 Å². The van der Waals surface area contributed by atoms with E-state index >= 15 is 0 Å². The van der Waals surface area contributed by atoms with E-state index in [-0.39, 0.29) is 24.2 Å². The number of fused-ring (bicyclic) bond motifs is 1. The number of carbonyl (C=O) groups is 2. The molecule has 2 amide bonds. The molecule has 10 heteroatoms. The first-order valence-electron chi connectivity index (χ1n) is 11.1. The number of aromatic nitrogens is 2. The number of halogens is 3. The molecule has 4 rings (SSSR count). The summed E-state index contributed by atoms with van der Waals surface area (Å²) >= 11 is 0. The third-order valence-electron chi connectivity index (χ3n) is 5.61. The van der Waals surface area contributed by atoms with Crippen LogP contribution >= 0.6 is 0 Å². The Hall–Kier alpha value is -3.40. The van der Waals surface area contributed by atoms with E-state index in [4.69, 9.17) is 4.74 Å². The number of amides is 2. The molecule has 1 aliphatic rings. The molecule has 1 atom stereocenters. The molecule has 0 radical (unpaired) electrons. The van der Waals surface area contributed by atoms with Gasteiger partial charge in [0, 0.05) is 25.3 Å². The highest BCUT2D eigenvalue weighted by molar-refractivity contribution is 5.91. The van der Waals surface area contributed by atoms with Gasteiger partial charge in [0.25, 0.3) is 0 Å². The minimum atomic E-state index is -4.49. The Morgan fingerprint density at radius 2 is 1.97 bits per heavy atom. The maximum atomic E-state index is 13.0. The molecule has 2 N–H and O–H groups in total. The Balaban J connectivity index is 1.41. The van der Waals surface area contributed by atoms with Crippen molar-refractivity contribution >= 4 is 28.5 Å². The van der Waals surface area contributed by atoms with E-state index in [1.54, 1.807) is 4.57 Å². The number of nitrogens with one attached hydrogen (secondary N) is 2. The molecular weight excluding hydrogens is 449 g/mol. The van der Waals surface area contributed by atoms with Gasteiger partial charge in [0.05, 0.1) is 16.6 Å². The molecule has 1 aromatic heterocycles. The van der Waals surface area contributed by atoms with Crippen LogP contribution in [0.5, 0.6) is 0 Å². The van der Waals surface area contributed by atoms with Crippen molar-refractivity contribution in [3.8, 4) is 0 Å². The molecule has 7 nitrogen and oxygen atoms in total. The predicted molar refractivity (Wildman–Crippen MR) is 120 cm³/mol. The average molecular weight is 474 g/mol. The van der Waals surface area contributed by atoms with Crippen LogP contribution in [0.15, 0.2) is 48.5 Å². The van der Waals surface area contributed by atoms with E-state index in [1.807, 2.05) is 24.3 Å². The Labute approximate surface area is 194 Å². The molecule has 2 heterocycles. The topological polar surface area (TPSA) is 85.2 Å². The van der Waals surface area contributed by atoms with Crippen molar-refractivity contribution in [3.63, 3.8) is 0 Å². The van der Waals surface area contributed by atoms with Crippen LogP contribution in [-0.4, -0.2) is 40.6 Å². The number of ether oxygens (including phenoxy) is 1. The normalized spacial score (nSPS) is 16.0. The van der Waals surface area contributed by atoms with E-state index in [1.165, 1.54) is 12.1 Å². The second-order valence-corrected chi connectivity index (χ2v) is 8.13. The Kier molecular flexibility index (Phi) is 7.16. The van der Waals surface area contributed by atoms with Gasteiger partial charge in [-0.25, -0.2) is 4.98 Å². The van der Waals surface area contributed by atoms with Crippen molar-refractivity contribution in [2.24, 2.45) is 0 Å². The average Bonchev–Trinajstić information content (AvgIpc) is 3.45. The number of anilines is 1. The number of hydrogen-bond donors (Lipinski definition) is 2. The molecule has 0 aliphatic carbocycles. The van der Waals surface area contributed by atoms with E-state index < -0.39 is 17.6 Å². The van der Waals surface area contributed by atoms with Crippen LogP contribution in [-0.2, 0) is 33.5 Å². The van der Waals surface area contributed by atoms with Gasteiger partial charge in [-0.05, 0) is 49.6 Å². The summed E-state index contributed by atoms with van der Waals surface area (Å²) in [7, 11) is 0. The quantitative estimate of drug-likeness (QED) is 0.485. The van der Waals surface area contributed by atoms with Crippen molar-refractivity contribution in [1.82, 2.24) is 14.9 Å². The van der Waals surface area contributed by atoms with Gasteiger partial charge >= 0.3 is 6.18 Å². The first-order chi connectivity index (χ1) is 16.3. The summed E-state index contributed by atoms with van der Waals surface area (Å²) in [6.45, 7) is 0.942. The monoisotopic (exact) mass is 474 g/mol. The lowest BCUT2D eigenvalue weighted by molar-refractivity contribution is -0.137. The Bertz CT molecular complexity index is 1170. The van der Waals surface area contributed by atoms with Gasteiger partial charge in [0.15, 0.2) is 0 Å². The lowest BCUT2D eigenvalue weighted by Crippen LogP contribution is -2.34. The Morgan fingerprint density at radius 3 is 2.74 bits per heavy atom. The molecule has 1 aliphatic heterocycles. The lowest BCUT2D eigenvalue weighted by Gasteiger charge is -2.13. The predicted octanol–water partition coefficient (Wildman–Crippen LogP) is 3.92. The van der Waals surface area contributed by atoms with E-state index in [9.17, 15) is 22.8 Å². The summed E-state index contributed by atoms with van der Waals surface area (Å²) in [5, 5.41) is 5.41. The number of imidazole rings is 1. The summed E-state index contributed by atoms with van der Waals surface area (Å²) in [4.78, 5) is 29.4. The van der Waals surface area contributed by atoms with Crippen molar-refractivity contribution in [1.29, 1.82) is 0 Å². The summed E-state index contributed by atoms with van der Waals surface area (Å²) in [6, 6.07) is 11.9. The summed E-state index contributed by atoms with van der Waals surface area (Å²) in [5.74, 6) is 0.0774. The SMILES string of the molecule is O=C(Cn1c(CCCNC(=O)C2CCCO2)nc2ccccc21)Nc1cccc(C(F)(F)F)c1. The summed E-state index contributed by atoms with van der Waals surface area (Å²) < 4.78 is 46.0. The number of carbonyl (C=O) groups excluding carboxylic acids is 2. The smallest absolute Gasteiger partial charge is 0.368 e. The zero-order valence-corrected chi connectivity index (χ0v) is 18.4. The second-order valence-electron chi connectivity index (χ2n) is 8.13. The van der Waals surface area contributed by atoms with E-state index in [0.29, 0.717) is 37.3 Å². The number of aryl methyl sites for hydroxylation is 1. The molecular formula is C24H25F3N4O3. The third-order valence-corrected chi connectivity index (χ3v) is 5.61. The zero-order valence-electron chi connectivity index (χ0n) is 18.4. The van der Waals surface area contributed by atoms with Gasteiger partial charge in [-0.15, -0.1) is 0 Å². The number of nitrogens with zero attached hydrogens (tertiary/aromatic N) is 2. The van der Waals surface area contributed by atoms with Crippen LogP contribution < -0.4 is 10.6 Å². The highest BCUT2D eigenvalue weighted by Gasteiger charge is 2.30. The fourth-order valence-electron chi connectivity index (χ4n) is 3.97. The van der Waals surface area contributed by atoms with Crippen LogP contribution in [0.4, 0.5) is 18.9 Å². The Morgan fingerprint density at radius 1 is 1.15 bits per heavy atom. The van der Waals surface area contributed by atoms with Crippen molar-refractivity contribution in [3.05, 3.63) is 59.9 Å². The molecule has 1 saturated heterocycles. The largest absolute Gasteiger partial charge is 0.416 e. The molecule has 0 bridgehead atoms. The summed E-state index contributed by atoms with van der Waals surface area (Å²) in [5.41, 5.74) is 0.708. The minimum absolute atomic E-state index is 0.0719. The van der Waals surface area contributed by atoms with Gasteiger partial charge in [-0.1, -0.05) is 18.2 Å². The number of benzene rings is 2. The molecule has 0 saturated carbocycles. The molecule has 34 heavy (non-hydrogen) atoms. The number of rotatable bonds is 8. The van der Waals surface area contributed by atoms with Crippen LogP contribution in [0, 0.1) is 0 Å². The van der Waals surface area contributed by atoms with E-state index in [2.05, 4.69) is 15.6 Å². The zero-order chi connectivity index (χ0) is 24.1. The maximum absolute atomic E-state index is 13.0. The van der Waals surface area contributed by atoms with Crippen LogP contribution in [0.3, 0.4) is 0 Å². The molecule has 0 spiro atoms. The molecule has 1 unspecified atom stereocenters. The van der Waals surface area contributed by atoms with Crippen LogP contribution in [0.1, 0.15) is 30.7 Å². The molecule has 180 valence electrons.